The van der Waals surface area contributed by atoms with Gasteiger partial charge in [-0.2, -0.15) is 17.5 Å². The summed E-state index contributed by atoms with van der Waals surface area (Å²) in [5.74, 6) is -0.171. The molecule has 2 fully saturated rings. The van der Waals surface area contributed by atoms with E-state index < -0.39 is 21.8 Å². The molecule has 2 aliphatic rings. The van der Waals surface area contributed by atoms with Gasteiger partial charge in [-0.3, -0.25) is 4.79 Å². The van der Waals surface area contributed by atoms with Crippen LogP contribution in [-0.4, -0.2) is 62.4 Å². The van der Waals surface area contributed by atoms with E-state index in [4.69, 9.17) is 4.74 Å². The van der Waals surface area contributed by atoms with Crippen molar-refractivity contribution >= 4 is 15.9 Å². The molecule has 0 N–H and O–H groups in total. The number of benzene rings is 1. The standard InChI is InChI=1S/C16H19F3N2O4S/c17-16(18,19)12-3-5-14(6-4-12)26(23,24)20-7-1-2-13(10-20)21-8-9-25-11-15(21)22/h3-6,13H,1-2,7-11H2/t13-/m1/s1. The lowest BCUT2D eigenvalue weighted by molar-refractivity contribution is -0.146. The Kier molecular flexibility index (Phi) is 5.27. The zero-order valence-corrected chi connectivity index (χ0v) is 14.7. The molecule has 2 saturated heterocycles. The predicted molar refractivity (Wildman–Crippen MR) is 85.8 cm³/mol. The Hall–Kier alpha value is -1.65. The first kappa shape index (κ1) is 19.1. The highest BCUT2D eigenvalue weighted by atomic mass is 32.2. The second kappa shape index (κ2) is 7.16. The first-order valence-corrected chi connectivity index (χ1v) is 9.68. The molecule has 1 amide bonds. The summed E-state index contributed by atoms with van der Waals surface area (Å²) in [5.41, 5.74) is -0.896. The third kappa shape index (κ3) is 3.86. The largest absolute Gasteiger partial charge is 0.416 e. The van der Waals surface area contributed by atoms with E-state index in [0.29, 0.717) is 26.0 Å². The van der Waals surface area contributed by atoms with E-state index >= 15 is 0 Å². The number of nitrogens with zero attached hydrogens (tertiary/aromatic N) is 2. The molecule has 0 unspecified atom stereocenters. The number of carbonyl (C=O) groups is 1. The van der Waals surface area contributed by atoms with Crippen molar-refractivity contribution in [3.63, 3.8) is 0 Å². The normalized spacial score (nSPS) is 23.3. The number of hydrogen-bond acceptors (Lipinski definition) is 4. The highest BCUT2D eigenvalue weighted by Gasteiger charge is 2.36. The highest BCUT2D eigenvalue weighted by Crippen LogP contribution is 2.31. The topological polar surface area (TPSA) is 66.9 Å². The van der Waals surface area contributed by atoms with E-state index in [-0.39, 0.29) is 36.5 Å². The van der Waals surface area contributed by atoms with E-state index in [1.807, 2.05) is 0 Å². The maximum absolute atomic E-state index is 12.8. The number of amides is 1. The zero-order chi connectivity index (χ0) is 18.9. The van der Waals surface area contributed by atoms with Gasteiger partial charge in [-0.05, 0) is 37.1 Å². The van der Waals surface area contributed by atoms with Crippen molar-refractivity contribution in [3.05, 3.63) is 29.8 Å². The van der Waals surface area contributed by atoms with Crippen LogP contribution in [0.25, 0.3) is 0 Å². The first-order chi connectivity index (χ1) is 12.2. The van der Waals surface area contributed by atoms with Gasteiger partial charge in [0, 0.05) is 25.7 Å². The highest BCUT2D eigenvalue weighted by molar-refractivity contribution is 7.89. The van der Waals surface area contributed by atoms with Gasteiger partial charge in [0.25, 0.3) is 0 Å². The molecule has 144 valence electrons. The molecule has 0 aliphatic carbocycles. The van der Waals surface area contributed by atoms with Crippen molar-refractivity contribution in [1.82, 2.24) is 9.21 Å². The maximum atomic E-state index is 12.8. The van der Waals surface area contributed by atoms with Crippen LogP contribution in [0.3, 0.4) is 0 Å². The third-order valence-electron chi connectivity index (χ3n) is 4.64. The van der Waals surface area contributed by atoms with Gasteiger partial charge in [-0.25, -0.2) is 8.42 Å². The molecular formula is C16H19F3N2O4S. The Balaban J connectivity index is 1.77. The van der Waals surface area contributed by atoms with Gasteiger partial charge >= 0.3 is 6.18 Å². The van der Waals surface area contributed by atoms with Crippen LogP contribution < -0.4 is 0 Å². The number of carbonyl (C=O) groups excluding carboxylic acids is 1. The summed E-state index contributed by atoms with van der Waals surface area (Å²) >= 11 is 0. The lowest BCUT2D eigenvalue weighted by Gasteiger charge is -2.40. The Bertz CT molecular complexity index is 765. The molecule has 0 aromatic heterocycles. The van der Waals surface area contributed by atoms with Gasteiger partial charge in [0.05, 0.1) is 17.1 Å². The van der Waals surface area contributed by atoms with Crippen molar-refractivity contribution in [3.8, 4) is 0 Å². The fourth-order valence-corrected chi connectivity index (χ4v) is 4.79. The molecule has 1 aromatic rings. The second-order valence-corrected chi connectivity index (χ2v) is 8.26. The van der Waals surface area contributed by atoms with Crippen molar-refractivity contribution < 1.29 is 31.1 Å². The predicted octanol–water partition coefficient (Wildman–Crippen LogP) is 1.72. The second-order valence-electron chi connectivity index (χ2n) is 6.32. The Labute approximate surface area is 149 Å². The molecule has 2 heterocycles. The molecule has 0 radical (unpaired) electrons. The van der Waals surface area contributed by atoms with E-state index in [9.17, 15) is 26.4 Å². The summed E-state index contributed by atoms with van der Waals surface area (Å²) in [6.07, 6.45) is -3.25. The van der Waals surface area contributed by atoms with Crippen LogP contribution in [0.4, 0.5) is 13.2 Å². The number of sulfonamides is 1. The third-order valence-corrected chi connectivity index (χ3v) is 6.52. The van der Waals surface area contributed by atoms with Crippen LogP contribution in [0.15, 0.2) is 29.2 Å². The number of ether oxygens (including phenoxy) is 1. The van der Waals surface area contributed by atoms with Gasteiger partial charge in [-0.1, -0.05) is 0 Å². The fraction of sp³-hybridized carbons (Fsp3) is 0.562. The number of morpholine rings is 1. The lowest BCUT2D eigenvalue weighted by Crippen LogP contribution is -2.55. The first-order valence-electron chi connectivity index (χ1n) is 8.24. The van der Waals surface area contributed by atoms with Crippen molar-refractivity contribution in [2.45, 2.75) is 30.0 Å². The Morgan fingerprint density at radius 3 is 2.42 bits per heavy atom. The van der Waals surface area contributed by atoms with Crippen LogP contribution in [0.1, 0.15) is 18.4 Å². The molecule has 0 bridgehead atoms. The van der Waals surface area contributed by atoms with E-state index in [0.717, 1.165) is 24.3 Å². The molecule has 1 aromatic carbocycles. The van der Waals surface area contributed by atoms with Gasteiger partial charge in [0.1, 0.15) is 6.61 Å². The molecule has 10 heteroatoms. The number of alkyl halides is 3. The Morgan fingerprint density at radius 2 is 1.81 bits per heavy atom. The van der Waals surface area contributed by atoms with E-state index in [1.54, 1.807) is 4.90 Å². The molecule has 2 aliphatic heterocycles. The molecule has 26 heavy (non-hydrogen) atoms. The van der Waals surface area contributed by atoms with Gasteiger partial charge < -0.3 is 9.64 Å². The fourth-order valence-electron chi connectivity index (χ4n) is 3.27. The summed E-state index contributed by atoms with van der Waals surface area (Å²) in [6.45, 7) is 1.22. The molecular weight excluding hydrogens is 373 g/mol. The average Bonchev–Trinajstić information content (AvgIpc) is 2.61. The van der Waals surface area contributed by atoms with Crippen LogP contribution in [0.5, 0.6) is 0 Å². The van der Waals surface area contributed by atoms with Crippen molar-refractivity contribution in [2.75, 3.05) is 32.8 Å². The summed E-state index contributed by atoms with van der Waals surface area (Å²) < 4.78 is 69.9. The smallest absolute Gasteiger partial charge is 0.370 e. The van der Waals surface area contributed by atoms with Gasteiger partial charge in [0.15, 0.2) is 0 Å². The maximum Gasteiger partial charge on any atom is 0.416 e. The SMILES string of the molecule is O=C1COCCN1[C@@H]1CCCN(S(=O)(=O)c2ccc(C(F)(F)F)cc2)C1. The van der Waals surface area contributed by atoms with Gasteiger partial charge in [-0.15, -0.1) is 0 Å². The van der Waals surface area contributed by atoms with Gasteiger partial charge in [0.2, 0.25) is 15.9 Å². The lowest BCUT2D eigenvalue weighted by atomic mass is 10.1. The summed E-state index contributed by atoms with van der Waals surface area (Å²) in [6, 6.07) is 3.23. The molecule has 1 atom stereocenters. The van der Waals surface area contributed by atoms with Crippen LogP contribution in [0.2, 0.25) is 0 Å². The molecule has 6 nitrogen and oxygen atoms in total. The Morgan fingerprint density at radius 1 is 1.12 bits per heavy atom. The minimum atomic E-state index is -4.52. The quantitative estimate of drug-likeness (QED) is 0.786. The van der Waals surface area contributed by atoms with Crippen LogP contribution in [0, 0.1) is 0 Å². The minimum absolute atomic E-state index is 0.0118. The minimum Gasteiger partial charge on any atom is -0.370 e. The van der Waals surface area contributed by atoms with Crippen molar-refractivity contribution in [1.29, 1.82) is 0 Å². The average molecular weight is 392 g/mol. The number of piperidine rings is 1. The monoisotopic (exact) mass is 392 g/mol. The zero-order valence-electron chi connectivity index (χ0n) is 13.9. The summed E-state index contributed by atoms with van der Waals surface area (Å²) in [4.78, 5) is 13.4. The van der Waals surface area contributed by atoms with E-state index in [1.165, 1.54) is 4.31 Å². The molecule has 0 saturated carbocycles. The van der Waals surface area contributed by atoms with E-state index in [2.05, 4.69) is 0 Å². The number of halogens is 3. The molecule has 0 spiro atoms. The summed E-state index contributed by atoms with van der Waals surface area (Å²) in [5, 5.41) is 0. The summed E-state index contributed by atoms with van der Waals surface area (Å²) in [7, 11) is -3.92. The number of rotatable bonds is 3. The van der Waals surface area contributed by atoms with Crippen LogP contribution >= 0.6 is 0 Å². The molecule has 3 rings (SSSR count). The van der Waals surface area contributed by atoms with Crippen molar-refractivity contribution in [2.24, 2.45) is 0 Å². The number of hydrogen-bond donors (Lipinski definition) is 0. The van der Waals surface area contributed by atoms with Crippen LogP contribution in [-0.2, 0) is 25.7 Å².